The number of aliphatic hydroxyl groups is 1. The molecule has 1 N–H and O–H groups in total. The first-order valence-electron chi connectivity index (χ1n) is 9.58. The molecule has 1 aromatic rings. The Kier molecular flexibility index (Phi) is 9.55. The predicted molar refractivity (Wildman–Crippen MR) is 111 cm³/mol. The van der Waals surface area contributed by atoms with Gasteiger partial charge in [-0.15, -0.1) is 24.8 Å². The maximum Gasteiger partial charge on any atom is 0.416 e. The molecule has 1 saturated heterocycles. The van der Waals surface area contributed by atoms with E-state index in [0.717, 1.165) is 51.5 Å². The van der Waals surface area contributed by atoms with Crippen molar-refractivity contribution in [2.24, 2.45) is 0 Å². The van der Waals surface area contributed by atoms with Gasteiger partial charge in [0.15, 0.2) is 0 Å². The van der Waals surface area contributed by atoms with Gasteiger partial charge in [-0.25, -0.2) is 0 Å². The summed E-state index contributed by atoms with van der Waals surface area (Å²) in [6.45, 7) is 4.30. The molecule has 1 aliphatic heterocycles. The van der Waals surface area contributed by atoms with Crippen LogP contribution in [0, 0.1) is 0 Å². The average Bonchev–Trinajstić information content (AvgIpc) is 2.61. The van der Waals surface area contributed by atoms with Crippen LogP contribution in [0.1, 0.15) is 49.1 Å². The summed E-state index contributed by atoms with van der Waals surface area (Å²) in [5.74, 6) is -0.284. The van der Waals surface area contributed by atoms with E-state index < -0.39 is 17.3 Å². The molecule has 3 nitrogen and oxygen atoms in total. The molecule has 0 bridgehead atoms. The van der Waals surface area contributed by atoms with Gasteiger partial charge in [0.1, 0.15) is 0 Å². The molecule has 0 amide bonds. The summed E-state index contributed by atoms with van der Waals surface area (Å²) in [4.78, 5) is 4.54. The summed E-state index contributed by atoms with van der Waals surface area (Å²) in [5.41, 5.74) is -0.924. The summed E-state index contributed by atoms with van der Waals surface area (Å²) in [5, 5.41) is 11.3. The second-order valence-corrected chi connectivity index (χ2v) is 7.94. The van der Waals surface area contributed by atoms with Crippen molar-refractivity contribution in [1.29, 1.82) is 0 Å². The second-order valence-electron chi connectivity index (χ2n) is 7.94. The number of halogens is 5. The lowest BCUT2D eigenvalue weighted by molar-refractivity contribution is -0.137. The van der Waals surface area contributed by atoms with Gasteiger partial charge in [-0.2, -0.15) is 13.2 Å². The third-order valence-corrected chi connectivity index (χ3v) is 6.02. The number of rotatable bonds is 4. The minimum Gasteiger partial charge on any atom is -0.389 e. The normalized spacial score (nSPS) is 22.0. The quantitative estimate of drug-likeness (QED) is 0.739. The van der Waals surface area contributed by atoms with Gasteiger partial charge in [0.05, 0.1) is 11.2 Å². The van der Waals surface area contributed by atoms with Crippen molar-refractivity contribution in [3.63, 3.8) is 0 Å². The fourth-order valence-corrected chi connectivity index (χ4v) is 4.32. The van der Waals surface area contributed by atoms with E-state index in [9.17, 15) is 18.3 Å². The molecule has 0 spiro atoms. The monoisotopic (exact) mass is 442 g/mol. The van der Waals surface area contributed by atoms with E-state index in [2.05, 4.69) is 16.8 Å². The smallest absolute Gasteiger partial charge is 0.389 e. The topological polar surface area (TPSA) is 26.7 Å². The number of hydrogen-bond donors (Lipinski definition) is 1. The molecule has 1 aromatic carbocycles. The standard InChI is InChI=1S/C20H29F3N2O.2ClH/c1-24-10-12-25(13-11-24)15-18(19(26)8-3-2-4-9-19)16-6-5-7-17(14-16)20(21,22)23;;/h5-7,14,18,26H,2-4,8-13,15H2,1H3;2*1H. The van der Waals surface area contributed by atoms with Gasteiger partial charge < -0.3 is 14.9 Å². The second kappa shape index (κ2) is 10.5. The van der Waals surface area contributed by atoms with Gasteiger partial charge in [0.25, 0.3) is 0 Å². The number of alkyl halides is 3. The molecular weight excluding hydrogens is 412 g/mol. The Morgan fingerprint density at radius 1 is 1.04 bits per heavy atom. The Hall–Kier alpha value is -0.530. The summed E-state index contributed by atoms with van der Waals surface area (Å²) in [6, 6.07) is 5.58. The SMILES string of the molecule is CN1CCN(CC(c2cccc(C(F)(F)F)c2)C2(O)CCCCC2)CC1.Cl.Cl. The van der Waals surface area contributed by atoms with E-state index in [1.54, 1.807) is 6.07 Å². The van der Waals surface area contributed by atoms with Gasteiger partial charge in [0, 0.05) is 38.6 Å². The lowest BCUT2D eigenvalue weighted by atomic mass is 9.72. The lowest BCUT2D eigenvalue weighted by Gasteiger charge is -2.43. The fraction of sp³-hybridized carbons (Fsp3) is 0.700. The first kappa shape index (κ1) is 25.5. The molecule has 1 aliphatic carbocycles. The maximum atomic E-state index is 13.2. The molecule has 3 rings (SSSR count). The molecule has 1 saturated carbocycles. The van der Waals surface area contributed by atoms with E-state index in [1.165, 1.54) is 12.1 Å². The largest absolute Gasteiger partial charge is 0.416 e. The van der Waals surface area contributed by atoms with E-state index in [-0.39, 0.29) is 30.7 Å². The minimum atomic E-state index is -4.36. The third kappa shape index (κ3) is 6.23. The number of benzene rings is 1. The van der Waals surface area contributed by atoms with Gasteiger partial charge in [0.2, 0.25) is 0 Å². The molecule has 162 valence electrons. The minimum absolute atomic E-state index is 0. The fourth-order valence-electron chi connectivity index (χ4n) is 4.32. The summed E-state index contributed by atoms with van der Waals surface area (Å²) >= 11 is 0. The average molecular weight is 443 g/mol. The zero-order valence-corrected chi connectivity index (χ0v) is 17.9. The van der Waals surface area contributed by atoms with Crippen LogP contribution >= 0.6 is 24.8 Å². The van der Waals surface area contributed by atoms with E-state index >= 15 is 0 Å². The van der Waals surface area contributed by atoms with Crippen molar-refractivity contribution in [2.75, 3.05) is 39.8 Å². The van der Waals surface area contributed by atoms with Crippen LogP contribution in [0.5, 0.6) is 0 Å². The van der Waals surface area contributed by atoms with Crippen molar-refractivity contribution in [3.8, 4) is 0 Å². The Morgan fingerprint density at radius 3 is 2.21 bits per heavy atom. The number of piperazine rings is 1. The van der Waals surface area contributed by atoms with Gasteiger partial charge in [-0.3, -0.25) is 0 Å². The van der Waals surface area contributed by atoms with Gasteiger partial charge in [-0.1, -0.05) is 37.5 Å². The molecule has 2 fully saturated rings. The highest BCUT2D eigenvalue weighted by atomic mass is 35.5. The van der Waals surface area contributed by atoms with Crippen LogP contribution in [0.4, 0.5) is 13.2 Å². The number of nitrogens with zero attached hydrogens (tertiary/aromatic N) is 2. The molecule has 0 radical (unpaired) electrons. The van der Waals surface area contributed by atoms with Crippen LogP contribution in [0.15, 0.2) is 24.3 Å². The van der Waals surface area contributed by atoms with Gasteiger partial charge >= 0.3 is 6.18 Å². The molecular formula is C20H31Cl2F3N2O. The van der Waals surface area contributed by atoms with Crippen molar-refractivity contribution in [1.82, 2.24) is 9.80 Å². The Bertz CT molecular complexity index is 601. The van der Waals surface area contributed by atoms with Crippen molar-refractivity contribution < 1.29 is 18.3 Å². The summed E-state index contributed by atoms with van der Waals surface area (Å²) in [6.07, 6.45) is -0.0532. The summed E-state index contributed by atoms with van der Waals surface area (Å²) < 4.78 is 39.6. The van der Waals surface area contributed by atoms with E-state index in [1.807, 2.05) is 0 Å². The van der Waals surface area contributed by atoms with Crippen LogP contribution in [-0.4, -0.2) is 60.3 Å². The Labute approximate surface area is 178 Å². The van der Waals surface area contributed by atoms with Gasteiger partial charge in [-0.05, 0) is 31.5 Å². The third-order valence-electron chi connectivity index (χ3n) is 6.02. The van der Waals surface area contributed by atoms with Crippen molar-refractivity contribution >= 4 is 24.8 Å². The van der Waals surface area contributed by atoms with Crippen molar-refractivity contribution in [3.05, 3.63) is 35.4 Å². The maximum absolute atomic E-state index is 13.2. The molecule has 1 atom stereocenters. The predicted octanol–water partition coefficient (Wildman–Crippen LogP) is 4.58. The van der Waals surface area contributed by atoms with Crippen LogP contribution in [-0.2, 0) is 6.18 Å². The van der Waals surface area contributed by atoms with Crippen LogP contribution in [0.2, 0.25) is 0 Å². The summed E-state index contributed by atoms with van der Waals surface area (Å²) in [7, 11) is 2.08. The van der Waals surface area contributed by atoms with Crippen LogP contribution in [0.3, 0.4) is 0 Å². The highest BCUT2D eigenvalue weighted by Crippen LogP contribution is 2.42. The Balaban J connectivity index is 0.00000196. The molecule has 1 unspecified atom stereocenters. The number of likely N-dealkylation sites (N-methyl/N-ethyl adjacent to an activating group) is 1. The molecule has 2 aliphatic rings. The van der Waals surface area contributed by atoms with E-state index in [0.29, 0.717) is 24.9 Å². The first-order valence-corrected chi connectivity index (χ1v) is 9.58. The van der Waals surface area contributed by atoms with E-state index in [4.69, 9.17) is 0 Å². The molecule has 8 heteroatoms. The number of hydrogen-bond acceptors (Lipinski definition) is 3. The highest BCUT2D eigenvalue weighted by Gasteiger charge is 2.41. The van der Waals surface area contributed by atoms with Crippen molar-refractivity contribution in [2.45, 2.75) is 49.8 Å². The highest BCUT2D eigenvalue weighted by molar-refractivity contribution is 5.85. The zero-order valence-electron chi connectivity index (χ0n) is 16.2. The van der Waals surface area contributed by atoms with Crippen LogP contribution < -0.4 is 0 Å². The Morgan fingerprint density at radius 2 is 1.64 bits per heavy atom. The molecule has 28 heavy (non-hydrogen) atoms. The molecule has 1 heterocycles. The molecule has 0 aromatic heterocycles. The first-order chi connectivity index (χ1) is 12.3. The van der Waals surface area contributed by atoms with Crippen LogP contribution in [0.25, 0.3) is 0 Å². The lowest BCUT2D eigenvalue weighted by Crippen LogP contribution is -2.50. The zero-order chi connectivity index (χ0) is 18.8.